The summed E-state index contributed by atoms with van der Waals surface area (Å²) in [6.07, 6.45) is 3.92. The Morgan fingerprint density at radius 1 is 0.933 bits per heavy atom. The topological polar surface area (TPSA) is 37.3 Å². The number of anilines is 1. The van der Waals surface area contributed by atoms with Crippen LogP contribution in [-0.4, -0.2) is 14.1 Å². The van der Waals surface area contributed by atoms with Crippen molar-refractivity contribution in [3.63, 3.8) is 0 Å². The van der Waals surface area contributed by atoms with Gasteiger partial charge in [0.1, 0.15) is 0 Å². The van der Waals surface area contributed by atoms with E-state index in [0.717, 1.165) is 35.2 Å². The summed E-state index contributed by atoms with van der Waals surface area (Å²) < 4.78 is 7.55. The number of hydrogen-bond acceptors (Lipinski definition) is 3. The van der Waals surface area contributed by atoms with Gasteiger partial charge >= 0.3 is 5.76 Å². The van der Waals surface area contributed by atoms with Gasteiger partial charge in [-0.1, -0.05) is 52.2 Å². The summed E-state index contributed by atoms with van der Waals surface area (Å²) in [5.41, 5.74) is 4.91. The fourth-order valence-electron chi connectivity index (χ4n) is 3.57. The van der Waals surface area contributed by atoms with E-state index in [0.29, 0.717) is 5.58 Å². The van der Waals surface area contributed by atoms with Crippen molar-refractivity contribution in [2.75, 3.05) is 19.0 Å². The molecule has 160 valence electrons. The highest BCUT2D eigenvalue weighted by molar-refractivity contribution is 5.81. The molecule has 1 heterocycles. The summed E-state index contributed by atoms with van der Waals surface area (Å²) in [5.74, 6) is -0.365. The molecule has 2 aromatic carbocycles. The molecule has 0 amide bonds. The Morgan fingerprint density at radius 3 is 2.07 bits per heavy atom. The largest absolute Gasteiger partial charge is 0.608 e. The van der Waals surface area contributed by atoms with E-state index < -0.39 is 0 Å². The minimum absolute atomic E-state index is 0.0427. The zero-order chi connectivity index (χ0) is 22.3. The van der Waals surface area contributed by atoms with Crippen LogP contribution >= 0.6 is 0 Å². The first kappa shape index (κ1) is 22.1. The molecule has 3 rings (SSSR count). The zero-order valence-electron chi connectivity index (χ0n) is 19.7. The summed E-state index contributed by atoms with van der Waals surface area (Å²) in [6.45, 7) is 13.4. The number of fused-ring (bicyclic) bond motifs is 1. The SMILES string of the molecule is CCC(C)(C)c1cc(C(C)(C)CC)c2oc(=O)[n+](-c3ccc(N(C)C)cc3)cc2c1. The van der Waals surface area contributed by atoms with Crippen molar-refractivity contribution in [3.8, 4) is 5.69 Å². The second-order valence-corrected chi connectivity index (χ2v) is 9.69. The van der Waals surface area contributed by atoms with Gasteiger partial charge in [0.15, 0.2) is 11.8 Å². The van der Waals surface area contributed by atoms with Crippen LogP contribution in [-0.2, 0) is 10.8 Å². The van der Waals surface area contributed by atoms with E-state index >= 15 is 0 Å². The zero-order valence-corrected chi connectivity index (χ0v) is 19.7. The van der Waals surface area contributed by atoms with E-state index in [1.807, 2.05) is 49.5 Å². The molecule has 30 heavy (non-hydrogen) atoms. The maximum absolute atomic E-state index is 12.9. The van der Waals surface area contributed by atoms with Gasteiger partial charge in [-0.2, -0.15) is 4.79 Å². The normalized spacial score (nSPS) is 12.4. The van der Waals surface area contributed by atoms with Crippen molar-refractivity contribution in [2.24, 2.45) is 0 Å². The van der Waals surface area contributed by atoms with E-state index in [9.17, 15) is 4.79 Å². The Kier molecular flexibility index (Phi) is 5.81. The fraction of sp³-hybridized carbons (Fsp3) is 0.462. The third-order valence-electron chi connectivity index (χ3n) is 6.69. The Bertz CT molecular complexity index is 1110. The summed E-state index contributed by atoms with van der Waals surface area (Å²) in [4.78, 5) is 15.0. The van der Waals surface area contributed by atoms with Gasteiger partial charge in [-0.05, 0) is 47.4 Å². The minimum Gasteiger partial charge on any atom is -0.378 e. The summed E-state index contributed by atoms with van der Waals surface area (Å²) in [5, 5.41) is 0.960. The molecule has 4 heteroatoms. The Labute approximate surface area is 180 Å². The molecular formula is C26H35N2O2+. The summed E-state index contributed by atoms with van der Waals surface area (Å²) >= 11 is 0. The third kappa shape index (κ3) is 4.00. The van der Waals surface area contributed by atoms with Gasteiger partial charge in [0.05, 0.1) is 5.39 Å². The van der Waals surface area contributed by atoms with Crippen LogP contribution in [0.4, 0.5) is 5.69 Å². The van der Waals surface area contributed by atoms with E-state index in [-0.39, 0.29) is 16.6 Å². The average Bonchev–Trinajstić information content (AvgIpc) is 2.72. The van der Waals surface area contributed by atoms with E-state index in [2.05, 4.69) is 53.7 Å². The molecule has 0 N–H and O–H groups in total. The van der Waals surface area contributed by atoms with Crippen LogP contribution in [0.25, 0.3) is 16.7 Å². The lowest BCUT2D eigenvalue weighted by Gasteiger charge is -2.29. The van der Waals surface area contributed by atoms with E-state index in [1.165, 1.54) is 5.56 Å². The standard InChI is InChI=1S/C26H35N2O2/c1-9-25(3,4)19-15-18-17-28(21-13-11-20(12-14-21)27(7)8)24(29)30-23(18)22(16-19)26(5,6)10-2/h11-17H,9-10H2,1-8H3/q+1. The Hall–Kier alpha value is -2.62. The first-order chi connectivity index (χ1) is 14.0. The number of rotatable bonds is 6. The Balaban J connectivity index is 2.29. The van der Waals surface area contributed by atoms with Crippen molar-refractivity contribution in [1.29, 1.82) is 0 Å². The molecule has 0 fully saturated rings. The first-order valence-corrected chi connectivity index (χ1v) is 10.8. The highest BCUT2D eigenvalue weighted by Gasteiger charge is 2.29. The molecule has 0 saturated carbocycles. The van der Waals surface area contributed by atoms with Gasteiger partial charge in [0.2, 0.25) is 5.69 Å². The minimum atomic E-state index is -0.365. The second-order valence-electron chi connectivity index (χ2n) is 9.69. The van der Waals surface area contributed by atoms with E-state index in [4.69, 9.17) is 4.42 Å². The number of nitrogens with zero attached hydrogens (tertiary/aromatic N) is 2. The monoisotopic (exact) mass is 407 g/mol. The van der Waals surface area contributed by atoms with Crippen molar-refractivity contribution < 1.29 is 8.98 Å². The lowest BCUT2D eigenvalue weighted by molar-refractivity contribution is -0.623. The van der Waals surface area contributed by atoms with Crippen LogP contribution in [0, 0.1) is 0 Å². The summed E-state index contributed by atoms with van der Waals surface area (Å²) in [6, 6.07) is 12.3. The van der Waals surface area contributed by atoms with Crippen LogP contribution in [0.15, 0.2) is 51.8 Å². The van der Waals surface area contributed by atoms with Crippen LogP contribution in [0.2, 0.25) is 0 Å². The first-order valence-electron chi connectivity index (χ1n) is 10.8. The predicted octanol–water partition coefficient (Wildman–Crippen LogP) is 5.51. The number of aromatic nitrogens is 1. The van der Waals surface area contributed by atoms with Crippen LogP contribution in [0.5, 0.6) is 0 Å². The van der Waals surface area contributed by atoms with Gasteiger partial charge in [-0.25, -0.2) is 0 Å². The molecule has 0 radical (unpaired) electrons. The molecule has 0 bridgehead atoms. The molecule has 4 nitrogen and oxygen atoms in total. The van der Waals surface area contributed by atoms with Crippen LogP contribution in [0.3, 0.4) is 0 Å². The number of hydrogen-bond donors (Lipinski definition) is 0. The van der Waals surface area contributed by atoms with Gasteiger partial charge < -0.3 is 9.32 Å². The Morgan fingerprint density at radius 2 is 1.53 bits per heavy atom. The maximum atomic E-state index is 12.9. The van der Waals surface area contributed by atoms with Gasteiger partial charge in [-0.15, -0.1) is 0 Å². The smallest absolute Gasteiger partial charge is 0.378 e. The fourth-order valence-corrected chi connectivity index (χ4v) is 3.57. The second kappa shape index (κ2) is 7.90. The summed E-state index contributed by atoms with van der Waals surface area (Å²) in [7, 11) is 4.00. The van der Waals surface area contributed by atoms with Crippen molar-refractivity contribution in [3.05, 3.63) is 64.3 Å². The van der Waals surface area contributed by atoms with Gasteiger partial charge in [-0.3, -0.25) is 0 Å². The lowest BCUT2D eigenvalue weighted by atomic mass is 9.76. The average molecular weight is 408 g/mol. The molecule has 0 atom stereocenters. The molecule has 1 aromatic heterocycles. The quantitative estimate of drug-likeness (QED) is 0.506. The molecule has 0 aliphatic heterocycles. The van der Waals surface area contributed by atoms with Crippen LogP contribution < -0.4 is 15.2 Å². The number of benzene rings is 2. The molecule has 0 saturated heterocycles. The molecular weight excluding hydrogens is 372 g/mol. The molecule has 0 aliphatic carbocycles. The van der Waals surface area contributed by atoms with Crippen molar-refractivity contribution in [2.45, 2.75) is 65.2 Å². The molecule has 0 unspecified atom stereocenters. The van der Waals surface area contributed by atoms with Crippen molar-refractivity contribution >= 4 is 16.7 Å². The maximum Gasteiger partial charge on any atom is 0.608 e. The third-order valence-corrected chi connectivity index (χ3v) is 6.69. The predicted molar refractivity (Wildman–Crippen MR) is 125 cm³/mol. The van der Waals surface area contributed by atoms with Gasteiger partial charge in [0, 0.05) is 37.5 Å². The molecule has 0 spiro atoms. The molecule has 3 aromatic rings. The van der Waals surface area contributed by atoms with E-state index in [1.54, 1.807) is 4.57 Å². The molecule has 0 aliphatic rings. The lowest BCUT2D eigenvalue weighted by Crippen LogP contribution is -2.46. The highest BCUT2D eigenvalue weighted by atomic mass is 16.4. The van der Waals surface area contributed by atoms with Gasteiger partial charge in [0.25, 0.3) is 0 Å². The highest BCUT2D eigenvalue weighted by Crippen LogP contribution is 2.37. The van der Waals surface area contributed by atoms with Crippen LogP contribution in [0.1, 0.15) is 65.5 Å². The van der Waals surface area contributed by atoms with Crippen molar-refractivity contribution in [1.82, 2.24) is 0 Å².